The molecule has 4 nitrogen and oxygen atoms in total. The number of pyridine rings is 1. The molecular weight excluding hydrogens is 288 g/mol. The monoisotopic (exact) mass is 312 g/mol. The summed E-state index contributed by atoms with van der Waals surface area (Å²) in [6.45, 7) is 10.4. The van der Waals surface area contributed by atoms with Gasteiger partial charge in [0.25, 0.3) is 5.91 Å². The molecule has 0 radical (unpaired) electrons. The molecule has 0 aliphatic carbocycles. The highest BCUT2D eigenvalue weighted by Gasteiger charge is 2.16. The first kappa shape index (κ1) is 17.0. The predicted molar refractivity (Wildman–Crippen MR) is 92.1 cm³/mol. The number of hydrogen-bond acceptors (Lipinski definition) is 3. The van der Waals surface area contributed by atoms with Crippen LogP contribution < -0.4 is 10.1 Å². The van der Waals surface area contributed by atoms with Crippen molar-refractivity contribution >= 4 is 5.91 Å². The first-order valence-electron chi connectivity index (χ1n) is 7.82. The molecule has 0 saturated heterocycles. The topological polar surface area (TPSA) is 51.2 Å². The zero-order chi connectivity index (χ0) is 17.0. The molecule has 0 saturated carbocycles. The van der Waals surface area contributed by atoms with Crippen LogP contribution in [0.1, 0.15) is 39.5 Å². The average Bonchev–Trinajstić information content (AvgIpc) is 2.52. The molecule has 0 aliphatic rings. The summed E-state index contributed by atoms with van der Waals surface area (Å²) in [6.07, 6.45) is 3.23. The van der Waals surface area contributed by atoms with Crippen molar-refractivity contribution in [3.8, 4) is 5.75 Å². The molecule has 0 unspecified atom stereocenters. The van der Waals surface area contributed by atoms with Crippen LogP contribution in [-0.4, -0.2) is 23.5 Å². The van der Waals surface area contributed by atoms with E-state index in [1.807, 2.05) is 46.8 Å². The van der Waals surface area contributed by atoms with E-state index in [-0.39, 0.29) is 12.0 Å². The van der Waals surface area contributed by atoms with Gasteiger partial charge in [0.05, 0.1) is 12.7 Å². The van der Waals surface area contributed by atoms with Gasteiger partial charge in [0, 0.05) is 11.8 Å². The molecule has 1 aromatic heterocycles. The van der Waals surface area contributed by atoms with Crippen LogP contribution in [0.3, 0.4) is 0 Å². The first-order chi connectivity index (χ1) is 10.9. The Bertz CT molecular complexity index is 670. The third kappa shape index (κ3) is 4.09. The predicted octanol–water partition coefficient (Wildman–Crippen LogP) is 3.51. The fourth-order valence-electron chi connectivity index (χ4n) is 2.57. The van der Waals surface area contributed by atoms with Crippen LogP contribution in [0.15, 0.2) is 30.6 Å². The average molecular weight is 312 g/mol. The lowest BCUT2D eigenvalue weighted by atomic mass is 9.94. The highest BCUT2D eigenvalue weighted by molar-refractivity contribution is 5.97. The maximum atomic E-state index is 12.6. The molecule has 1 atom stereocenters. The SMILES string of the molecule is Cc1cc(C)c(C)c(C(=O)NC[C@H](C)Oc2cccnc2)c1C. The number of benzene rings is 1. The van der Waals surface area contributed by atoms with Crippen LogP contribution in [-0.2, 0) is 0 Å². The van der Waals surface area contributed by atoms with Crippen molar-refractivity contribution < 1.29 is 9.53 Å². The Hall–Kier alpha value is -2.36. The van der Waals surface area contributed by atoms with E-state index < -0.39 is 0 Å². The van der Waals surface area contributed by atoms with Gasteiger partial charge in [-0.15, -0.1) is 0 Å². The highest BCUT2D eigenvalue weighted by Crippen LogP contribution is 2.21. The van der Waals surface area contributed by atoms with Crippen LogP contribution >= 0.6 is 0 Å². The number of nitrogens with one attached hydrogen (secondary N) is 1. The van der Waals surface area contributed by atoms with Gasteiger partial charge in [0.2, 0.25) is 0 Å². The van der Waals surface area contributed by atoms with Gasteiger partial charge < -0.3 is 10.1 Å². The number of aryl methyl sites for hydroxylation is 2. The molecule has 0 fully saturated rings. The Morgan fingerprint density at radius 2 is 1.87 bits per heavy atom. The van der Waals surface area contributed by atoms with Crippen molar-refractivity contribution in [3.63, 3.8) is 0 Å². The summed E-state index contributed by atoms with van der Waals surface area (Å²) in [5, 5.41) is 2.97. The highest BCUT2D eigenvalue weighted by atomic mass is 16.5. The van der Waals surface area contributed by atoms with E-state index in [2.05, 4.69) is 16.4 Å². The zero-order valence-electron chi connectivity index (χ0n) is 14.4. The molecule has 0 aliphatic heterocycles. The van der Waals surface area contributed by atoms with Gasteiger partial charge >= 0.3 is 0 Å². The van der Waals surface area contributed by atoms with Gasteiger partial charge in [0.1, 0.15) is 11.9 Å². The summed E-state index contributed by atoms with van der Waals surface area (Å²) in [4.78, 5) is 16.6. The Kier molecular flexibility index (Phi) is 5.37. The minimum absolute atomic E-state index is 0.0477. The quantitative estimate of drug-likeness (QED) is 0.919. The molecular formula is C19H24N2O2. The summed E-state index contributed by atoms with van der Waals surface area (Å²) in [6, 6.07) is 5.79. The zero-order valence-corrected chi connectivity index (χ0v) is 14.4. The van der Waals surface area contributed by atoms with E-state index in [1.54, 1.807) is 12.4 Å². The lowest BCUT2D eigenvalue weighted by molar-refractivity contribution is 0.0930. The van der Waals surface area contributed by atoms with Crippen molar-refractivity contribution in [2.45, 2.75) is 40.7 Å². The lowest BCUT2D eigenvalue weighted by Crippen LogP contribution is -2.34. The Morgan fingerprint density at radius 3 is 2.43 bits per heavy atom. The molecule has 2 aromatic rings. The maximum absolute atomic E-state index is 12.6. The summed E-state index contributed by atoms with van der Waals surface area (Å²) in [5.74, 6) is 0.654. The second-order valence-electron chi connectivity index (χ2n) is 5.96. The third-order valence-corrected chi connectivity index (χ3v) is 4.11. The molecule has 0 bridgehead atoms. The van der Waals surface area contributed by atoms with E-state index in [0.717, 1.165) is 27.8 Å². The minimum Gasteiger partial charge on any atom is -0.487 e. The molecule has 23 heavy (non-hydrogen) atoms. The lowest BCUT2D eigenvalue weighted by Gasteiger charge is -2.18. The largest absolute Gasteiger partial charge is 0.487 e. The Morgan fingerprint density at radius 1 is 1.22 bits per heavy atom. The second kappa shape index (κ2) is 7.27. The van der Waals surface area contributed by atoms with Gasteiger partial charge in [-0.3, -0.25) is 9.78 Å². The molecule has 1 aromatic carbocycles. The summed E-state index contributed by atoms with van der Waals surface area (Å²) >= 11 is 0. The van der Waals surface area contributed by atoms with E-state index in [1.165, 1.54) is 0 Å². The molecule has 4 heteroatoms. The summed E-state index contributed by atoms with van der Waals surface area (Å²) in [7, 11) is 0. The van der Waals surface area contributed by atoms with Crippen LogP contribution in [0.25, 0.3) is 0 Å². The van der Waals surface area contributed by atoms with Crippen molar-refractivity contribution in [1.82, 2.24) is 10.3 Å². The Labute approximate surface area is 137 Å². The van der Waals surface area contributed by atoms with Crippen LogP contribution in [0.4, 0.5) is 0 Å². The van der Waals surface area contributed by atoms with Crippen molar-refractivity contribution in [2.24, 2.45) is 0 Å². The van der Waals surface area contributed by atoms with Gasteiger partial charge in [-0.1, -0.05) is 6.07 Å². The summed E-state index contributed by atoms with van der Waals surface area (Å²) < 4.78 is 5.73. The van der Waals surface area contributed by atoms with Crippen molar-refractivity contribution in [3.05, 3.63) is 58.4 Å². The van der Waals surface area contributed by atoms with Crippen molar-refractivity contribution in [1.29, 1.82) is 0 Å². The van der Waals surface area contributed by atoms with E-state index >= 15 is 0 Å². The maximum Gasteiger partial charge on any atom is 0.251 e. The van der Waals surface area contributed by atoms with Gasteiger partial charge in [-0.25, -0.2) is 0 Å². The third-order valence-electron chi connectivity index (χ3n) is 4.11. The molecule has 1 amide bonds. The normalized spacial score (nSPS) is 11.9. The van der Waals surface area contributed by atoms with Gasteiger partial charge in [-0.2, -0.15) is 0 Å². The number of hydrogen-bond donors (Lipinski definition) is 1. The van der Waals surface area contributed by atoms with E-state index in [0.29, 0.717) is 12.3 Å². The molecule has 122 valence electrons. The minimum atomic E-state index is -0.130. The van der Waals surface area contributed by atoms with E-state index in [4.69, 9.17) is 4.74 Å². The van der Waals surface area contributed by atoms with Gasteiger partial charge in [-0.05, 0) is 69.0 Å². The second-order valence-corrected chi connectivity index (χ2v) is 5.96. The van der Waals surface area contributed by atoms with Crippen LogP contribution in [0.2, 0.25) is 0 Å². The first-order valence-corrected chi connectivity index (χ1v) is 7.82. The number of amides is 1. The van der Waals surface area contributed by atoms with Crippen molar-refractivity contribution in [2.75, 3.05) is 6.54 Å². The number of carbonyl (C=O) groups is 1. The number of aromatic nitrogens is 1. The fraction of sp³-hybridized carbons (Fsp3) is 0.368. The fourth-order valence-corrected chi connectivity index (χ4v) is 2.57. The number of rotatable bonds is 5. The smallest absolute Gasteiger partial charge is 0.251 e. The van der Waals surface area contributed by atoms with E-state index in [9.17, 15) is 4.79 Å². The van der Waals surface area contributed by atoms with Crippen LogP contribution in [0, 0.1) is 27.7 Å². The molecule has 1 heterocycles. The van der Waals surface area contributed by atoms with Gasteiger partial charge in [0.15, 0.2) is 0 Å². The number of nitrogens with zero attached hydrogens (tertiary/aromatic N) is 1. The number of ether oxygens (including phenoxy) is 1. The van der Waals surface area contributed by atoms with Crippen LogP contribution in [0.5, 0.6) is 5.75 Å². The molecule has 0 spiro atoms. The molecule has 2 rings (SSSR count). The summed E-state index contributed by atoms with van der Waals surface area (Å²) in [5.41, 5.74) is 5.12. The standard InChI is InChI=1S/C19H24N2O2/c1-12-9-13(2)16(5)18(15(12)4)19(22)21-10-14(3)23-17-7-6-8-20-11-17/h6-9,11,14H,10H2,1-5H3,(H,21,22)/t14-/m0/s1. The molecule has 1 N–H and O–H groups in total. The Balaban J connectivity index is 2.03. The number of carbonyl (C=O) groups excluding carboxylic acids is 1.